The fourth-order valence-electron chi connectivity index (χ4n) is 4.61. The second kappa shape index (κ2) is 7.86. The summed E-state index contributed by atoms with van der Waals surface area (Å²) in [5.74, 6) is -2.30. The predicted octanol–water partition coefficient (Wildman–Crippen LogP) is 1.83. The normalized spacial score (nSPS) is 26.2. The van der Waals surface area contributed by atoms with E-state index in [4.69, 9.17) is 0 Å². The Balaban J connectivity index is 1.69. The van der Waals surface area contributed by atoms with E-state index < -0.39 is 39.7 Å². The highest BCUT2D eigenvalue weighted by atomic mass is 32.2. The van der Waals surface area contributed by atoms with Gasteiger partial charge >= 0.3 is 0 Å². The second-order valence-corrected chi connectivity index (χ2v) is 9.86. The Morgan fingerprint density at radius 3 is 2.19 bits per heavy atom. The monoisotopic (exact) mass is 438 g/mol. The highest BCUT2D eigenvalue weighted by molar-refractivity contribution is 7.90. The van der Waals surface area contributed by atoms with Crippen LogP contribution in [0, 0.1) is 11.8 Å². The topological polar surface area (TPSA) is 91.8 Å². The lowest BCUT2D eigenvalue weighted by Gasteiger charge is -2.29. The van der Waals surface area contributed by atoms with E-state index in [9.17, 15) is 22.8 Å². The molecule has 2 aliphatic heterocycles. The Morgan fingerprint density at radius 1 is 0.968 bits per heavy atom. The van der Waals surface area contributed by atoms with Crippen LogP contribution in [0.4, 0.5) is 5.69 Å². The van der Waals surface area contributed by atoms with Crippen LogP contribution in [0.25, 0.3) is 0 Å². The number of amides is 2. The molecule has 2 aromatic rings. The number of hydrogen-bond acceptors (Lipinski definition) is 6. The number of likely N-dealkylation sites (tertiary alicyclic amines) is 1. The number of benzene rings is 2. The molecule has 2 aliphatic rings. The van der Waals surface area contributed by atoms with E-state index in [1.165, 1.54) is 6.07 Å². The number of hydrogen-bond donors (Lipinski definition) is 0. The third-order valence-corrected chi connectivity index (χ3v) is 7.10. The quantitative estimate of drug-likeness (QED) is 0.388. The molecule has 4 rings (SSSR count). The number of imide groups is 1. The van der Waals surface area contributed by atoms with Crippen molar-refractivity contribution in [1.82, 2.24) is 4.90 Å². The Hall–Kier alpha value is -3.10. The Kier molecular flexibility index (Phi) is 5.36. The summed E-state index contributed by atoms with van der Waals surface area (Å²) in [7, 11) is -3.39. The molecule has 31 heavy (non-hydrogen) atoms. The lowest BCUT2D eigenvalue weighted by molar-refractivity contribution is -0.126. The fraction of sp³-hybridized carbons (Fsp3) is 0.261. The van der Waals surface area contributed by atoms with Gasteiger partial charge in [0.15, 0.2) is 9.84 Å². The van der Waals surface area contributed by atoms with Gasteiger partial charge in [-0.2, -0.15) is 0 Å². The first-order chi connectivity index (χ1) is 14.8. The number of aldehydes is 1. The van der Waals surface area contributed by atoms with E-state index in [0.717, 1.165) is 11.2 Å². The van der Waals surface area contributed by atoms with Crippen LogP contribution < -0.4 is 4.90 Å². The molecule has 2 saturated heterocycles. The summed E-state index contributed by atoms with van der Waals surface area (Å²) < 4.78 is 23.8. The Bertz CT molecular complexity index is 1130. The molecule has 0 aromatic heterocycles. The number of rotatable bonds is 6. The molecule has 2 aromatic carbocycles. The fourth-order valence-corrected chi connectivity index (χ4v) is 5.31. The van der Waals surface area contributed by atoms with E-state index >= 15 is 0 Å². The van der Waals surface area contributed by atoms with Gasteiger partial charge in [-0.25, -0.2) is 13.3 Å². The van der Waals surface area contributed by atoms with Crippen molar-refractivity contribution in [2.45, 2.75) is 23.5 Å². The van der Waals surface area contributed by atoms with Crippen LogP contribution in [0.15, 0.2) is 72.1 Å². The highest BCUT2D eigenvalue weighted by Gasteiger charge is 2.61. The van der Waals surface area contributed by atoms with Crippen molar-refractivity contribution in [3.63, 3.8) is 0 Å². The van der Waals surface area contributed by atoms with Gasteiger partial charge in [-0.15, -0.1) is 6.58 Å². The predicted molar refractivity (Wildman–Crippen MR) is 115 cm³/mol. The lowest BCUT2D eigenvalue weighted by atomic mass is 9.90. The maximum Gasteiger partial charge on any atom is 0.239 e. The third-order valence-electron chi connectivity index (χ3n) is 5.99. The molecular formula is C23H22N2O5S. The van der Waals surface area contributed by atoms with E-state index in [-0.39, 0.29) is 17.3 Å². The van der Waals surface area contributed by atoms with E-state index in [2.05, 4.69) is 6.58 Å². The lowest BCUT2D eigenvalue weighted by Crippen LogP contribution is -2.44. The van der Waals surface area contributed by atoms with Gasteiger partial charge in [-0.1, -0.05) is 36.4 Å². The number of nitrogens with zero attached hydrogens (tertiary/aromatic N) is 2. The van der Waals surface area contributed by atoms with Gasteiger partial charge in [-0.3, -0.25) is 14.5 Å². The average Bonchev–Trinajstić information content (AvgIpc) is 3.19. The van der Waals surface area contributed by atoms with E-state index in [1.807, 2.05) is 0 Å². The zero-order chi connectivity index (χ0) is 22.3. The average molecular weight is 439 g/mol. The molecular weight excluding hydrogens is 416 g/mol. The minimum atomic E-state index is -3.39. The molecule has 160 valence electrons. The van der Waals surface area contributed by atoms with Crippen molar-refractivity contribution >= 4 is 33.6 Å². The standard InChI is InChI=1S/C23H22N2O5S/c1-3-18-20-21(23(28)25(22(20)27)16-9-5-4-6-10-16)19(14-26)24(18)13-15-8-7-11-17(12-15)31(2,29)30/h3-12,14,18-21H,1,13H2,2H3/t18-,19+,20-,21+/m0/s1. The van der Waals surface area contributed by atoms with Crippen LogP contribution in [0.3, 0.4) is 0 Å². The molecule has 2 fully saturated rings. The minimum absolute atomic E-state index is 0.171. The minimum Gasteiger partial charge on any atom is -0.302 e. The largest absolute Gasteiger partial charge is 0.302 e. The molecule has 7 nitrogen and oxygen atoms in total. The zero-order valence-corrected chi connectivity index (χ0v) is 17.7. The number of carbonyl (C=O) groups is 3. The number of fused-ring (bicyclic) bond motifs is 1. The van der Waals surface area contributed by atoms with Crippen LogP contribution in [0.1, 0.15) is 5.56 Å². The summed E-state index contributed by atoms with van der Waals surface area (Å²) in [6, 6.07) is 13.7. The Labute approximate surface area is 180 Å². The molecule has 2 heterocycles. The van der Waals surface area contributed by atoms with Crippen LogP contribution in [0.2, 0.25) is 0 Å². The summed E-state index contributed by atoms with van der Waals surface area (Å²) in [6.45, 7) is 4.05. The van der Waals surface area contributed by atoms with Gasteiger partial charge in [0.25, 0.3) is 0 Å². The van der Waals surface area contributed by atoms with Gasteiger partial charge in [0.1, 0.15) is 6.29 Å². The van der Waals surface area contributed by atoms with Crippen LogP contribution in [0.5, 0.6) is 0 Å². The van der Waals surface area contributed by atoms with Crippen molar-refractivity contribution in [2.24, 2.45) is 11.8 Å². The van der Waals surface area contributed by atoms with E-state index in [0.29, 0.717) is 17.5 Å². The third kappa shape index (κ3) is 3.51. The number of anilines is 1. The first kappa shape index (κ1) is 21.1. The maximum atomic E-state index is 13.2. The smallest absolute Gasteiger partial charge is 0.239 e. The van der Waals surface area contributed by atoms with E-state index in [1.54, 1.807) is 59.5 Å². The number of para-hydroxylation sites is 1. The van der Waals surface area contributed by atoms with Crippen molar-refractivity contribution in [2.75, 3.05) is 11.2 Å². The summed E-state index contributed by atoms with van der Waals surface area (Å²) in [6.07, 6.45) is 3.41. The molecule has 0 spiro atoms. The summed E-state index contributed by atoms with van der Waals surface area (Å²) in [5.41, 5.74) is 1.15. The summed E-state index contributed by atoms with van der Waals surface area (Å²) in [5, 5.41) is 0. The molecule has 0 saturated carbocycles. The Morgan fingerprint density at radius 2 is 1.61 bits per heavy atom. The number of sulfone groups is 1. The summed E-state index contributed by atoms with van der Waals surface area (Å²) >= 11 is 0. The molecule has 8 heteroatoms. The summed E-state index contributed by atoms with van der Waals surface area (Å²) in [4.78, 5) is 41.6. The molecule has 0 N–H and O–H groups in total. The number of carbonyl (C=O) groups excluding carboxylic acids is 3. The van der Waals surface area contributed by atoms with Gasteiger partial charge < -0.3 is 4.79 Å². The molecule has 0 bridgehead atoms. The molecule has 4 atom stereocenters. The van der Waals surface area contributed by atoms with Gasteiger partial charge in [0.05, 0.1) is 28.5 Å². The zero-order valence-electron chi connectivity index (χ0n) is 16.9. The highest BCUT2D eigenvalue weighted by Crippen LogP contribution is 2.44. The van der Waals surface area contributed by atoms with Gasteiger partial charge in [-0.05, 0) is 29.8 Å². The van der Waals surface area contributed by atoms with Crippen LogP contribution in [-0.2, 0) is 30.8 Å². The molecule has 0 aliphatic carbocycles. The van der Waals surface area contributed by atoms with Crippen LogP contribution in [-0.4, -0.2) is 49.8 Å². The van der Waals surface area contributed by atoms with Crippen molar-refractivity contribution in [3.05, 3.63) is 72.8 Å². The maximum absolute atomic E-state index is 13.2. The molecule has 0 radical (unpaired) electrons. The van der Waals surface area contributed by atoms with Gasteiger partial charge in [0.2, 0.25) is 11.8 Å². The second-order valence-electron chi connectivity index (χ2n) is 7.84. The van der Waals surface area contributed by atoms with Gasteiger partial charge in [0, 0.05) is 18.8 Å². The first-order valence-corrected chi connectivity index (χ1v) is 11.7. The van der Waals surface area contributed by atoms with Crippen molar-refractivity contribution < 1.29 is 22.8 Å². The van der Waals surface area contributed by atoms with Crippen molar-refractivity contribution in [1.29, 1.82) is 0 Å². The van der Waals surface area contributed by atoms with Crippen LogP contribution >= 0.6 is 0 Å². The molecule has 0 unspecified atom stereocenters. The SMILES string of the molecule is C=C[C@H]1[C@@H]2C(=O)N(c3ccccc3)C(=O)[C@@H]2[C@@H](C=O)N1Cc1cccc(S(C)(=O)=O)c1. The first-order valence-electron chi connectivity index (χ1n) is 9.83. The molecule has 2 amide bonds. The van der Waals surface area contributed by atoms with Crippen molar-refractivity contribution in [3.8, 4) is 0 Å².